The number of nitrogens with zero attached hydrogens (tertiary/aromatic N) is 2. The molecule has 0 fully saturated rings. The zero-order valence-electron chi connectivity index (χ0n) is 17.2. The third-order valence-corrected chi connectivity index (χ3v) is 6.12. The van der Waals surface area contributed by atoms with Crippen LogP contribution in [-0.2, 0) is 26.2 Å². The summed E-state index contributed by atoms with van der Waals surface area (Å²) in [7, 11) is -3.70. The number of nitrogens with one attached hydrogen (secondary N) is 1. The fraction of sp³-hybridized carbons (Fsp3) is 0.333. The highest BCUT2D eigenvalue weighted by atomic mass is 79.9. The number of rotatable bonds is 9. The minimum Gasteiger partial charge on any atom is -0.355 e. The predicted octanol–water partition coefficient (Wildman–Crippen LogP) is 2.77. The first kappa shape index (κ1) is 23.9. The standard InChI is InChI=1S/C21H26BrN3O4S/c1-4-23-21(27)16(2)24(14-17-9-8-10-18(22)13-17)20(26)15-25(30(3,28)29)19-11-6-5-7-12-19/h5-13,16H,4,14-15H2,1-3H3,(H,23,27). The fourth-order valence-corrected chi connectivity index (χ4v) is 4.24. The van der Waals surface area contributed by atoms with Gasteiger partial charge >= 0.3 is 0 Å². The summed E-state index contributed by atoms with van der Waals surface area (Å²) in [6, 6.07) is 15.1. The minimum atomic E-state index is -3.70. The summed E-state index contributed by atoms with van der Waals surface area (Å²) < 4.78 is 26.6. The highest BCUT2D eigenvalue weighted by Gasteiger charge is 2.29. The highest BCUT2D eigenvalue weighted by molar-refractivity contribution is 9.10. The van der Waals surface area contributed by atoms with Crippen molar-refractivity contribution in [2.24, 2.45) is 0 Å². The van der Waals surface area contributed by atoms with Crippen LogP contribution in [-0.4, -0.2) is 50.5 Å². The van der Waals surface area contributed by atoms with Crippen LogP contribution in [0.5, 0.6) is 0 Å². The van der Waals surface area contributed by atoms with E-state index in [4.69, 9.17) is 0 Å². The van der Waals surface area contributed by atoms with Gasteiger partial charge in [0.2, 0.25) is 21.8 Å². The van der Waals surface area contributed by atoms with Crippen molar-refractivity contribution < 1.29 is 18.0 Å². The van der Waals surface area contributed by atoms with Crippen molar-refractivity contribution in [3.8, 4) is 0 Å². The first-order valence-corrected chi connectivity index (χ1v) is 12.1. The Morgan fingerprint density at radius 3 is 2.33 bits per heavy atom. The maximum Gasteiger partial charge on any atom is 0.244 e. The molecule has 162 valence electrons. The third-order valence-electron chi connectivity index (χ3n) is 4.48. The van der Waals surface area contributed by atoms with Crippen LogP contribution in [0.1, 0.15) is 19.4 Å². The van der Waals surface area contributed by atoms with Crippen molar-refractivity contribution in [1.82, 2.24) is 10.2 Å². The fourth-order valence-electron chi connectivity index (χ4n) is 2.94. The van der Waals surface area contributed by atoms with E-state index in [-0.39, 0.29) is 12.5 Å². The van der Waals surface area contributed by atoms with Gasteiger partial charge in [-0.1, -0.05) is 46.3 Å². The zero-order chi connectivity index (χ0) is 22.3. The van der Waals surface area contributed by atoms with Gasteiger partial charge in [0.1, 0.15) is 12.6 Å². The molecule has 0 saturated carbocycles. The summed E-state index contributed by atoms with van der Waals surface area (Å²) in [5.41, 5.74) is 1.21. The van der Waals surface area contributed by atoms with E-state index in [0.717, 1.165) is 20.6 Å². The van der Waals surface area contributed by atoms with E-state index in [1.54, 1.807) is 44.2 Å². The Labute approximate surface area is 186 Å². The molecule has 0 aliphatic heterocycles. The maximum atomic E-state index is 13.2. The molecular formula is C21H26BrN3O4S. The molecule has 1 atom stereocenters. The average Bonchev–Trinajstić information content (AvgIpc) is 2.69. The normalized spacial score (nSPS) is 12.1. The molecule has 30 heavy (non-hydrogen) atoms. The quantitative estimate of drug-likeness (QED) is 0.579. The lowest BCUT2D eigenvalue weighted by atomic mass is 10.1. The summed E-state index contributed by atoms with van der Waals surface area (Å²) in [5, 5.41) is 2.72. The van der Waals surface area contributed by atoms with Gasteiger partial charge in [-0.25, -0.2) is 8.42 Å². The van der Waals surface area contributed by atoms with Crippen LogP contribution in [0, 0.1) is 0 Å². The molecule has 0 aromatic heterocycles. The van der Waals surface area contributed by atoms with E-state index in [2.05, 4.69) is 21.2 Å². The molecule has 2 aromatic rings. The lowest BCUT2D eigenvalue weighted by Gasteiger charge is -2.31. The van der Waals surface area contributed by atoms with Gasteiger partial charge in [-0.2, -0.15) is 0 Å². The van der Waals surface area contributed by atoms with E-state index >= 15 is 0 Å². The minimum absolute atomic E-state index is 0.170. The molecule has 0 aliphatic rings. The molecule has 0 bridgehead atoms. The summed E-state index contributed by atoms with van der Waals surface area (Å²) in [5.74, 6) is -0.769. The van der Waals surface area contributed by atoms with Crippen LogP contribution < -0.4 is 9.62 Å². The van der Waals surface area contributed by atoms with Gasteiger partial charge in [0.25, 0.3) is 0 Å². The van der Waals surface area contributed by atoms with Crippen LogP contribution in [0.15, 0.2) is 59.1 Å². The van der Waals surface area contributed by atoms with Gasteiger partial charge in [0, 0.05) is 17.6 Å². The Kier molecular flexibility index (Phi) is 8.43. The zero-order valence-corrected chi connectivity index (χ0v) is 19.6. The molecule has 0 heterocycles. The molecule has 2 aromatic carbocycles. The van der Waals surface area contributed by atoms with Crippen LogP contribution in [0.3, 0.4) is 0 Å². The van der Waals surface area contributed by atoms with Crippen molar-refractivity contribution in [3.63, 3.8) is 0 Å². The van der Waals surface area contributed by atoms with Crippen LogP contribution in [0.2, 0.25) is 0 Å². The monoisotopic (exact) mass is 495 g/mol. The summed E-state index contributed by atoms with van der Waals surface area (Å²) >= 11 is 3.41. The van der Waals surface area contributed by atoms with E-state index in [1.165, 1.54) is 4.90 Å². The molecule has 0 spiro atoms. The second-order valence-corrected chi connectivity index (χ2v) is 9.65. The highest BCUT2D eigenvalue weighted by Crippen LogP contribution is 2.19. The average molecular weight is 496 g/mol. The van der Waals surface area contributed by atoms with Crippen LogP contribution >= 0.6 is 15.9 Å². The number of carbonyl (C=O) groups is 2. The van der Waals surface area contributed by atoms with Crippen molar-refractivity contribution >= 4 is 43.5 Å². The Morgan fingerprint density at radius 1 is 1.10 bits per heavy atom. The van der Waals surface area contributed by atoms with Gasteiger partial charge in [0.15, 0.2) is 0 Å². The number of sulfonamides is 1. The molecule has 0 aliphatic carbocycles. The van der Waals surface area contributed by atoms with E-state index in [1.807, 2.05) is 24.3 Å². The molecule has 9 heteroatoms. The van der Waals surface area contributed by atoms with Gasteiger partial charge in [-0.3, -0.25) is 13.9 Å². The molecule has 1 unspecified atom stereocenters. The Bertz CT molecular complexity index is 983. The van der Waals surface area contributed by atoms with Gasteiger partial charge < -0.3 is 10.2 Å². The number of halogens is 1. The van der Waals surface area contributed by atoms with Crippen molar-refractivity contribution in [3.05, 3.63) is 64.6 Å². The topological polar surface area (TPSA) is 86.8 Å². The molecule has 0 saturated heterocycles. The maximum absolute atomic E-state index is 13.2. The van der Waals surface area contributed by atoms with Crippen LogP contribution in [0.25, 0.3) is 0 Å². The molecular weight excluding hydrogens is 470 g/mol. The Hall–Kier alpha value is -2.39. The third kappa shape index (κ3) is 6.56. The SMILES string of the molecule is CCNC(=O)C(C)N(Cc1cccc(Br)c1)C(=O)CN(c1ccccc1)S(C)(=O)=O. The predicted molar refractivity (Wildman–Crippen MR) is 121 cm³/mol. The van der Waals surface area contributed by atoms with Crippen molar-refractivity contribution in [2.75, 3.05) is 23.7 Å². The second kappa shape index (κ2) is 10.6. The van der Waals surface area contributed by atoms with E-state index in [0.29, 0.717) is 12.2 Å². The number of carbonyl (C=O) groups excluding carboxylic acids is 2. The second-order valence-electron chi connectivity index (χ2n) is 6.83. The Morgan fingerprint density at radius 2 is 1.77 bits per heavy atom. The van der Waals surface area contributed by atoms with Crippen molar-refractivity contribution in [2.45, 2.75) is 26.4 Å². The number of para-hydroxylation sites is 1. The lowest BCUT2D eigenvalue weighted by Crippen LogP contribution is -2.51. The first-order chi connectivity index (χ1) is 14.1. The molecule has 0 radical (unpaired) electrons. The summed E-state index contributed by atoms with van der Waals surface area (Å²) in [4.78, 5) is 27.1. The van der Waals surface area contributed by atoms with E-state index < -0.39 is 28.5 Å². The molecule has 2 rings (SSSR count). The summed E-state index contributed by atoms with van der Waals surface area (Å²) in [6.07, 6.45) is 1.05. The van der Waals surface area contributed by atoms with Crippen molar-refractivity contribution in [1.29, 1.82) is 0 Å². The first-order valence-electron chi connectivity index (χ1n) is 9.48. The summed E-state index contributed by atoms with van der Waals surface area (Å²) in [6.45, 7) is 3.63. The molecule has 2 amide bonds. The smallest absolute Gasteiger partial charge is 0.244 e. The number of benzene rings is 2. The number of likely N-dealkylation sites (N-methyl/N-ethyl adjacent to an activating group) is 1. The largest absolute Gasteiger partial charge is 0.355 e. The van der Waals surface area contributed by atoms with Crippen LogP contribution in [0.4, 0.5) is 5.69 Å². The lowest BCUT2D eigenvalue weighted by molar-refractivity contribution is -0.139. The number of hydrogen-bond donors (Lipinski definition) is 1. The molecule has 7 nitrogen and oxygen atoms in total. The van der Waals surface area contributed by atoms with Gasteiger partial charge in [0.05, 0.1) is 11.9 Å². The number of anilines is 1. The molecule has 1 N–H and O–H groups in total. The van der Waals surface area contributed by atoms with E-state index in [9.17, 15) is 18.0 Å². The van der Waals surface area contributed by atoms with Gasteiger partial charge in [-0.15, -0.1) is 0 Å². The van der Waals surface area contributed by atoms with Gasteiger partial charge in [-0.05, 0) is 43.7 Å². The number of amides is 2. The number of hydrogen-bond acceptors (Lipinski definition) is 4. The Balaban J connectivity index is 2.35.